The van der Waals surface area contributed by atoms with E-state index in [0.29, 0.717) is 12.8 Å². The van der Waals surface area contributed by atoms with Gasteiger partial charge in [-0.1, -0.05) is 6.07 Å². The Morgan fingerprint density at radius 2 is 2.24 bits per heavy atom. The Morgan fingerprint density at radius 1 is 1.38 bits per heavy atom. The lowest BCUT2D eigenvalue weighted by atomic mass is 10.0. The van der Waals surface area contributed by atoms with Crippen molar-refractivity contribution in [2.45, 2.75) is 44.7 Å². The topological polar surface area (TPSA) is 59.6 Å². The van der Waals surface area contributed by atoms with Gasteiger partial charge in [0.1, 0.15) is 0 Å². The summed E-state index contributed by atoms with van der Waals surface area (Å²) in [6.45, 7) is 3.25. The summed E-state index contributed by atoms with van der Waals surface area (Å²) in [7, 11) is 0. The van der Waals surface area contributed by atoms with Crippen LogP contribution in [0.25, 0.3) is 0 Å². The number of aryl methyl sites for hydroxylation is 1. The normalized spacial score (nSPS) is 22.0. The van der Waals surface area contributed by atoms with E-state index in [0.717, 1.165) is 43.7 Å². The van der Waals surface area contributed by atoms with Gasteiger partial charge in [0.2, 0.25) is 12.7 Å². The predicted molar refractivity (Wildman–Crippen MR) is 79.5 cm³/mol. The maximum absolute atomic E-state index is 11.7. The molecule has 114 valence electrons. The van der Waals surface area contributed by atoms with Crippen LogP contribution in [0.2, 0.25) is 0 Å². The minimum absolute atomic E-state index is 0.0366. The second-order valence-corrected chi connectivity index (χ2v) is 5.78. The Labute approximate surface area is 125 Å². The highest BCUT2D eigenvalue weighted by molar-refractivity contribution is 5.82. The lowest BCUT2D eigenvalue weighted by molar-refractivity contribution is -0.124. The fraction of sp³-hybridized carbons (Fsp3) is 0.562. The fourth-order valence-corrected chi connectivity index (χ4v) is 2.84. The van der Waals surface area contributed by atoms with Crippen molar-refractivity contribution in [2.24, 2.45) is 0 Å². The highest BCUT2D eigenvalue weighted by Crippen LogP contribution is 2.32. The number of amides is 1. The number of piperidine rings is 1. The van der Waals surface area contributed by atoms with Crippen LogP contribution in [-0.2, 0) is 11.2 Å². The quantitative estimate of drug-likeness (QED) is 0.865. The molecule has 21 heavy (non-hydrogen) atoms. The Kier molecular flexibility index (Phi) is 4.29. The third-order valence-electron chi connectivity index (χ3n) is 4.07. The molecule has 2 unspecified atom stereocenters. The van der Waals surface area contributed by atoms with Gasteiger partial charge in [-0.05, 0) is 50.3 Å². The number of carbonyl (C=O) groups excluding carboxylic acids is 1. The molecule has 5 nitrogen and oxygen atoms in total. The molecular formula is C16H22N2O3. The molecule has 1 amide bonds. The van der Waals surface area contributed by atoms with Crippen LogP contribution < -0.4 is 20.1 Å². The lowest BCUT2D eigenvalue weighted by Crippen LogP contribution is -2.50. The molecule has 0 spiro atoms. The Morgan fingerprint density at radius 3 is 3.10 bits per heavy atom. The maximum Gasteiger partial charge on any atom is 0.237 e. The molecule has 3 rings (SSSR count). The third kappa shape index (κ3) is 3.47. The summed E-state index contributed by atoms with van der Waals surface area (Å²) >= 11 is 0. The number of ether oxygens (including phenoxy) is 2. The standard InChI is InChI=1S/C16H22N2O3/c1-11(18-13-3-2-8-17-16(13)19)4-5-12-6-7-14-15(9-12)21-10-20-14/h6-7,9,11,13,18H,2-5,8,10H2,1H3,(H,17,19). The van der Waals surface area contributed by atoms with Crippen molar-refractivity contribution in [3.8, 4) is 11.5 Å². The smallest absolute Gasteiger partial charge is 0.237 e. The van der Waals surface area contributed by atoms with Crippen LogP contribution in [0.1, 0.15) is 31.7 Å². The summed E-state index contributed by atoms with van der Waals surface area (Å²) in [6.07, 6.45) is 3.93. The maximum atomic E-state index is 11.7. The zero-order valence-corrected chi connectivity index (χ0v) is 12.4. The summed E-state index contributed by atoms with van der Waals surface area (Å²) in [5.41, 5.74) is 1.24. The van der Waals surface area contributed by atoms with Crippen LogP contribution in [0.4, 0.5) is 0 Å². The van der Waals surface area contributed by atoms with E-state index in [-0.39, 0.29) is 11.9 Å². The highest BCUT2D eigenvalue weighted by Gasteiger charge is 2.23. The van der Waals surface area contributed by atoms with E-state index in [9.17, 15) is 4.79 Å². The molecule has 2 N–H and O–H groups in total. The summed E-state index contributed by atoms with van der Waals surface area (Å²) in [5.74, 6) is 1.79. The molecule has 2 atom stereocenters. The van der Waals surface area contributed by atoms with Crippen molar-refractivity contribution in [2.75, 3.05) is 13.3 Å². The minimum Gasteiger partial charge on any atom is -0.454 e. The molecule has 2 aliphatic heterocycles. The molecule has 0 bridgehead atoms. The number of nitrogens with one attached hydrogen (secondary N) is 2. The van der Waals surface area contributed by atoms with Crippen molar-refractivity contribution < 1.29 is 14.3 Å². The molecule has 2 heterocycles. The van der Waals surface area contributed by atoms with Gasteiger partial charge in [0.25, 0.3) is 0 Å². The van der Waals surface area contributed by atoms with Crippen molar-refractivity contribution in [3.05, 3.63) is 23.8 Å². The molecule has 0 saturated carbocycles. The number of fused-ring (bicyclic) bond motifs is 1. The molecule has 1 aromatic rings. The number of benzene rings is 1. The lowest BCUT2D eigenvalue weighted by Gasteiger charge is -2.26. The summed E-state index contributed by atoms with van der Waals surface area (Å²) in [4.78, 5) is 11.7. The van der Waals surface area contributed by atoms with Crippen molar-refractivity contribution >= 4 is 5.91 Å². The van der Waals surface area contributed by atoms with Crippen LogP contribution in [-0.4, -0.2) is 31.3 Å². The summed E-state index contributed by atoms with van der Waals surface area (Å²) in [5, 5.41) is 6.33. The molecule has 0 radical (unpaired) electrons. The first-order chi connectivity index (χ1) is 10.2. The van der Waals surface area contributed by atoms with Crippen molar-refractivity contribution in [1.82, 2.24) is 10.6 Å². The average molecular weight is 290 g/mol. The number of hydrogen-bond donors (Lipinski definition) is 2. The number of hydrogen-bond acceptors (Lipinski definition) is 4. The van der Waals surface area contributed by atoms with Gasteiger partial charge in [0, 0.05) is 12.6 Å². The van der Waals surface area contributed by atoms with Gasteiger partial charge in [-0.2, -0.15) is 0 Å². The Balaban J connectivity index is 1.49. The van der Waals surface area contributed by atoms with E-state index in [1.165, 1.54) is 5.56 Å². The van der Waals surface area contributed by atoms with E-state index < -0.39 is 0 Å². The third-order valence-corrected chi connectivity index (χ3v) is 4.07. The van der Waals surface area contributed by atoms with Crippen molar-refractivity contribution in [3.63, 3.8) is 0 Å². The molecule has 5 heteroatoms. The zero-order valence-electron chi connectivity index (χ0n) is 12.4. The SMILES string of the molecule is CC(CCc1ccc2c(c1)OCO2)NC1CCCNC1=O. The van der Waals surface area contributed by atoms with Gasteiger partial charge in [-0.25, -0.2) is 0 Å². The van der Waals surface area contributed by atoms with E-state index in [1.54, 1.807) is 0 Å². The first-order valence-electron chi connectivity index (χ1n) is 7.64. The molecule has 0 aliphatic carbocycles. The van der Waals surface area contributed by atoms with Crippen LogP contribution >= 0.6 is 0 Å². The molecule has 1 saturated heterocycles. The fourth-order valence-electron chi connectivity index (χ4n) is 2.84. The van der Waals surface area contributed by atoms with E-state index in [2.05, 4.69) is 23.6 Å². The molecule has 1 fully saturated rings. The van der Waals surface area contributed by atoms with E-state index >= 15 is 0 Å². The molecule has 2 aliphatic rings. The van der Waals surface area contributed by atoms with E-state index in [4.69, 9.17) is 9.47 Å². The van der Waals surface area contributed by atoms with Crippen LogP contribution in [0, 0.1) is 0 Å². The largest absolute Gasteiger partial charge is 0.454 e. The minimum atomic E-state index is -0.0366. The average Bonchev–Trinajstić information content (AvgIpc) is 2.95. The second-order valence-electron chi connectivity index (χ2n) is 5.78. The molecular weight excluding hydrogens is 268 g/mol. The first-order valence-corrected chi connectivity index (χ1v) is 7.64. The monoisotopic (exact) mass is 290 g/mol. The highest BCUT2D eigenvalue weighted by atomic mass is 16.7. The summed E-state index contributed by atoms with van der Waals surface area (Å²) in [6, 6.07) is 6.36. The summed E-state index contributed by atoms with van der Waals surface area (Å²) < 4.78 is 10.7. The van der Waals surface area contributed by atoms with E-state index in [1.807, 2.05) is 12.1 Å². The van der Waals surface area contributed by atoms with Crippen LogP contribution in [0.3, 0.4) is 0 Å². The predicted octanol–water partition coefficient (Wildman–Crippen LogP) is 1.60. The van der Waals surface area contributed by atoms with Gasteiger partial charge in [0.15, 0.2) is 11.5 Å². The van der Waals surface area contributed by atoms with Gasteiger partial charge in [-0.15, -0.1) is 0 Å². The van der Waals surface area contributed by atoms with Gasteiger partial charge in [-0.3, -0.25) is 4.79 Å². The second kappa shape index (κ2) is 6.35. The Hall–Kier alpha value is -1.75. The zero-order chi connectivity index (χ0) is 14.7. The van der Waals surface area contributed by atoms with Gasteiger partial charge in [0.05, 0.1) is 6.04 Å². The Bertz CT molecular complexity index is 518. The van der Waals surface area contributed by atoms with Crippen LogP contribution in [0.5, 0.6) is 11.5 Å². The number of rotatable bonds is 5. The van der Waals surface area contributed by atoms with Crippen molar-refractivity contribution in [1.29, 1.82) is 0 Å². The van der Waals surface area contributed by atoms with Crippen LogP contribution in [0.15, 0.2) is 18.2 Å². The van der Waals surface area contributed by atoms with Gasteiger partial charge >= 0.3 is 0 Å². The molecule has 0 aromatic heterocycles. The van der Waals surface area contributed by atoms with Gasteiger partial charge < -0.3 is 20.1 Å². The molecule has 1 aromatic carbocycles. The first kappa shape index (κ1) is 14.2. The number of carbonyl (C=O) groups is 1.